The number of nitrogens with zero attached hydrogens (tertiary/aromatic N) is 3. The summed E-state index contributed by atoms with van der Waals surface area (Å²) >= 11 is 0. The Balaban J connectivity index is 0.00000181. The van der Waals surface area contributed by atoms with Crippen molar-refractivity contribution in [2.24, 2.45) is 0 Å². The number of carbonyl (C=O) groups excluding carboxylic acids is 1. The van der Waals surface area contributed by atoms with E-state index in [-0.39, 0.29) is 39.8 Å². The van der Waals surface area contributed by atoms with Crippen LogP contribution in [-0.2, 0) is 11.3 Å². The maximum Gasteiger partial charge on any atom is 0.204 e. The van der Waals surface area contributed by atoms with Crippen LogP contribution in [0, 0.1) is 5.82 Å². The van der Waals surface area contributed by atoms with Crippen molar-refractivity contribution in [1.29, 1.82) is 0 Å². The molecule has 2 heterocycles. The summed E-state index contributed by atoms with van der Waals surface area (Å²) in [4.78, 5) is 18.8. The molecule has 174 valence electrons. The topological polar surface area (TPSA) is 50.2 Å². The van der Waals surface area contributed by atoms with Crippen molar-refractivity contribution in [1.82, 2.24) is 14.5 Å². The smallest absolute Gasteiger partial charge is 0.204 e. The van der Waals surface area contributed by atoms with Gasteiger partial charge in [0.2, 0.25) is 5.95 Å². The summed E-state index contributed by atoms with van der Waals surface area (Å²) in [5, 5.41) is 3.65. The van der Waals surface area contributed by atoms with Crippen LogP contribution in [0.5, 0.6) is 0 Å². The Bertz CT molecular complexity index is 1000. The average Bonchev–Trinajstić information content (AvgIpc) is 3.11. The zero-order chi connectivity index (χ0) is 20.9. The molecule has 32 heavy (non-hydrogen) atoms. The van der Waals surface area contributed by atoms with Gasteiger partial charge in [-0.05, 0) is 42.7 Å². The molecule has 0 saturated carbocycles. The van der Waals surface area contributed by atoms with Gasteiger partial charge in [0.25, 0.3) is 0 Å². The Morgan fingerprint density at radius 2 is 1.78 bits per heavy atom. The SMILES string of the molecule is Br.Br.CCC(=O)CCN1CCC(Nc2nc3ccccc3n2Cc2ccc(F)cc2)CC1. The van der Waals surface area contributed by atoms with Crippen molar-refractivity contribution in [2.45, 2.75) is 45.2 Å². The molecule has 0 aliphatic carbocycles. The van der Waals surface area contributed by atoms with Gasteiger partial charge in [-0.2, -0.15) is 0 Å². The van der Waals surface area contributed by atoms with Gasteiger partial charge in [-0.25, -0.2) is 9.37 Å². The Hall–Kier alpha value is -1.77. The van der Waals surface area contributed by atoms with Crippen LogP contribution in [0.1, 0.15) is 38.2 Å². The normalized spacial score (nSPS) is 14.6. The fourth-order valence-corrected chi connectivity index (χ4v) is 4.06. The van der Waals surface area contributed by atoms with Gasteiger partial charge in [0.05, 0.1) is 17.6 Å². The summed E-state index contributed by atoms with van der Waals surface area (Å²) in [6.07, 6.45) is 3.34. The quantitative estimate of drug-likeness (QED) is 0.382. The number of ketones is 1. The fraction of sp³-hybridized carbons (Fsp3) is 0.417. The van der Waals surface area contributed by atoms with E-state index in [2.05, 4.69) is 20.9 Å². The summed E-state index contributed by atoms with van der Waals surface area (Å²) in [5.41, 5.74) is 3.07. The van der Waals surface area contributed by atoms with E-state index < -0.39 is 0 Å². The minimum atomic E-state index is -0.222. The lowest BCUT2D eigenvalue weighted by atomic mass is 10.0. The first-order valence-corrected chi connectivity index (χ1v) is 10.8. The highest BCUT2D eigenvalue weighted by molar-refractivity contribution is 8.93. The molecule has 1 aliphatic rings. The molecule has 8 heteroatoms. The first kappa shape index (κ1) is 26.5. The summed E-state index contributed by atoms with van der Waals surface area (Å²) in [5.74, 6) is 0.977. The van der Waals surface area contributed by atoms with E-state index >= 15 is 0 Å². The van der Waals surface area contributed by atoms with E-state index in [1.54, 1.807) is 0 Å². The van der Waals surface area contributed by atoms with Crippen molar-refractivity contribution in [3.05, 3.63) is 59.9 Å². The van der Waals surface area contributed by atoms with Crippen molar-refractivity contribution in [3.8, 4) is 0 Å². The molecule has 2 aromatic carbocycles. The van der Waals surface area contributed by atoms with Crippen LogP contribution >= 0.6 is 34.0 Å². The molecular formula is C24H31Br2FN4O. The van der Waals surface area contributed by atoms with E-state index in [9.17, 15) is 9.18 Å². The second-order valence-electron chi connectivity index (χ2n) is 8.04. The molecule has 3 aromatic rings. The third-order valence-electron chi connectivity index (χ3n) is 5.93. The Morgan fingerprint density at radius 1 is 1.09 bits per heavy atom. The van der Waals surface area contributed by atoms with Crippen molar-refractivity contribution in [2.75, 3.05) is 25.0 Å². The minimum Gasteiger partial charge on any atom is -0.353 e. The molecule has 0 radical (unpaired) electrons. The Kier molecular flexibility index (Phi) is 10.3. The Morgan fingerprint density at radius 3 is 2.47 bits per heavy atom. The first-order valence-electron chi connectivity index (χ1n) is 10.8. The second-order valence-corrected chi connectivity index (χ2v) is 8.04. The maximum absolute atomic E-state index is 13.3. The molecule has 0 unspecified atom stereocenters. The van der Waals surface area contributed by atoms with E-state index in [1.807, 2.05) is 37.3 Å². The molecule has 1 fully saturated rings. The predicted octanol–water partition coefficient (Wildman–Crippen LogP) is 5.63. The van der Waals surface area contributed by atoms with Gasteiger partial charge in [0.15, 0.2) is 0 Å². The van der Waals surface area contributed by atoms with Gasteiger partial charge in [0, 0.05) is 38.5 Å². The highest BCUT2D eigenvalue weighted by Crippen LogP contribution is 2.24. The molecule has 0 bridgehead atoms. The van der Waals surface area contributed by atoms with Crippen LogP contribution in [0.3, 0.4) is 0 Å². The van der Waals surface area contributed by atoms with E-state index in [0.717, 1.165) is 55.0 Å². The third kappa shape index (κ3) is 6.62. The summed E-state index contributed by atoms with van der Waals surface area (Å²) in [6, 6.07) is 15.1. The predicted molar refractivity (Wildman–Crippen MR) is 139 cm³/mol. The summed E-state index contributed by atoms with van der Waals surface area (Å²) in [7, 11) is 0. The molecular weight excluding hydrogens is 539 g/mol. The molecule has 5 nitrogen and oxygen atoms in total. The average molecular weight is 570 g/mol. The summed E-state index contributed by atoms with van der Waals surface area (Å²) in [6.45, 7) is 5.42. The van der Waals surface area contributed by atoms with Crippen LogP contribution in [0.15, 0.2) is 48.5 Å². The first-order chi connectivity index (χ1) is 14.6. The number of aromatic nitrogens is 2. The lowest BCUT2D eigenvalue weighted by Crippen LogP contribution is -2.40. The number of benzene rings is 2. The van der Waals surface area contributed by atoms with Crippen molar-refractivity contribution >= 4 is 56.7 Å². The molecule has 1 saturated heterocycles. The zero-order valence-electron chi connectivity index (χ0n) is 18.3. The van der Waals surface area contributed by atoms with Gasteiger partial charge in [-0.1, -0.05) is 31.2 Å². The van der Waals surface area contributed by atoms with E-state index in [4.69, 9.17) is 4.98 Å². The molecule has 1 aromatic heterocycles. The van der Waals surface area contributed by atoms with Gasteiger partial charge in [-0.15, -0.1) is 34.0 Å². The second kappa shape index (κ2) is 12.5. The number of likely N-dealkylation sites (tertiary alicyclic amines) is 1. The van der Waals surface area contributed by atoms with E-state index in [0.29, 0.717) is 31.2 Å². The van der Waals surface area contributed by atoms with Crippen LogP contribution in [-0.4, -0.2) is 45.9 Å². The molecule has 1 aliphatic heterocycles. The zero-order valence-corrected chi connectivity index (χ0v) is 21.7. The van der Waals surface area contributed by atoms with Gasteiger partial charge in [0.1, 0.15) is 11.6 Å². The van der Waals surface area contributed by atoms with Gasteiger partial charge < -0.3 is 14.8 Å². The van der Waals surface area contributed by atoms with E-state index in [1.165, 1.54) is 12.1 Å². The Labute approximate surface area is 209 Å². The van der Waals surface area contributed by atoms with Gasteiger partial charge >= 0.3 is 0 Å². The molecule has 4 rings (SSSR count). The number of imidazole rings is 1. The maximum atomic E-state index is 13.3. The van der Waals surface area contributed by atoms with Crippen LogP contribution in [0.4, 0.5) is 10.3 Å². The molecule has 0 atom stereocenters. The standard InChI is InChI=1S/C24H29FN4O.2BrH/c1-2-21(30)13-16-28-14-11-20(12-15-28)26-24-27-22-5-3-4-6-23(22)29(24)17-18-7-9-19(25)10-8-18;;/h3-10,20H,2,11-17H2,1H3,(H,26,27);2*1H. The number of anilines is 1. The fourth-order valence-electron chi connectivity index (χ4n) is 4.06. The van der Waals surface area contributed by atoms with Gasteiger partial charge in [-0.3, -0.25) is 4.79 Å². The lowest BCUT2D eigenvalue weighted by Gasteiger charge is -2.32. The number of fused-ring (bicyclic) bond motifs is 1. The summed E-state index contributed by atoms with van der Waals surface area (Å²) < 4.78 is 15.5. The van der Waals surface area contributed by atoms with Crippen LogP contribution in [0.2, 0.25) is 0 Å². The van der Waals surface area contributed by atoms with Crippen LogP contribution < -0.4 is 5.32 Å². The molecule has 1 N–H and O–H groups in total. The highest BCUT2D eigenvalue weighted by atomic mass is 79.9. The lowest BCUT2D eigenvalue weighted by molar-refractivity contribution is -0.119. The monoisotopic (exact) mass is 568 g/mol. The minimum absolute atomic E-state index is 0. The van der Waals surface area contributed by atoms with Crippen LogP contribution in [0.25, 0.3) is 11.0 Å². The number of hydrogen-bond acceptors (Lipinski definition) is 4. The number of para-hydroxylation sites is 2. The molecule has 0 amide bonds. The number of Topliss-reactive ketones (excluding diaryl/α,β-unsaturated/α-hetero) is 1. The number of carbonyl (C=O) groups is 1. The number of piperidine rings is 1. The highest BCUT2D eigenvalue weighted by Gasteiger charge is 2.21. The number of nitrogens with one attached hydrogen (secondary N) is 1. The van der Waals surface area contributed by atoms with Crippen molar-refractivity contribution < 1.29 is 9.18 Å². The number of hydrogen-bond donors (Lipinski definition) is 1. The van der Waals surface area contributed by atoms with Crippen molar-refractivity contribution in [3.63, 3.8) is 0 Å². The number of halogens is 3. The number of rotatable bonds is 8. The third-order valence-corrected chi connectivity index (χ3v) is 5.93. The largest absolute Gasteiger partial charge is 0.353 e. The molecule has 0 spiro atoms.